The Hall–Kier alpha value is -2.76. The number of nitrogens with zero attached hydrogens (tertiary/aromatic N) is 1. The Kier molecular flexibility index (Phi) is 7.06. The van der Waals surface area contributed by atoms with Crippen LogP contribution in [0.5, 0.6) is 0 Å². The number of carbonyl (C=O) groups excluding carboxylic acids is 2. The Bertz CT molecular complexity index is 1220. The summed E-state index contributed by atoms with van der Waals surface area (Å²) in [6, 6.07) is 21.3. The van der Waals surface area contributed by atoms with Crippen LogP contribution >= 0.6 is 23.4 Å². The van der Waals surface area contributed by atoms with Crippen molar-refractivity contribution in [1.29, 1.82) is 0 Å². The van der Waals surface area contributed by atoms with E-state index in [0.29, 0.717) is 17.1 Å². The number of fused-ring (bicyclic) bond motifs is 1. The fourth-order valence-corrected chi connectivity index (χ4v) is 5.27. The lowest BCUT2D eigenvalue weighted by Crippen LogP contribution is -2.37. The predicted octanol–water partition coefficient (Wildman–Crippen LogP) is 7.02. The molecule has 4 rings (SSSR count). The molecule has 0 saturated carbocycles. The van der Waals surface area contributed by atoms with Crippen LogP contribution in [0.4, 0.5) is 11.4 Å². The molecule has 1 heterocycles. The molecule has 0 spiro atoms. The smallest absolute Gasteiger partial charge is 0.237 e. The van der Waals surface area contributed by atoms with Crippen LogP contribution in [0, 0.1) is 0 Å². The second kappa shape index (κ2) is 9.85. The number of nitrogens with one attached hydrogen (secondary N) is 1. The topological polar surface area (TPSA) is 49.4 Å². The Morgan fingerprint density at radius 1 is 1.09 bits per heavy atom. The van der Waals surface area contributed by atoms with E-state index < -0.39 is 5.41 Å². The Morgan fingerprint density at radius 2 is 1.82 bits per heavy atom. The first-order valence-electron chi connectivity index (χ1n) is 11.5. The van der Waals surface area contributed by atoms with Gasteiger partial charge in [-0.1, -0.05) is 42.8 Å². The minimum absolute atomic E-state index is 0.0310. The summed E-state index contributed by atoms with van der Waals surface area (Å²) in [6.45, 7) is 7.99. The molecule has 0 aliphatic carbocycles. The highest BCUT2D eigenvalue weighted by Crippen LogP contribution is 2.46. The summed E-state index contributed by atoms with van der Waals surface area (Å²) in [5, 5.41) is 3.65. The van der Waals surface area contributed by atoms with Gasteiger partial charge in [0.2, 0.25) is 11.8 Å². The van der Waals surface area contributed by atoms with Crippen molar-refractivity contribution < 1.29 is 9.59 Å². The standard InChI is InChI=1S/C28H29ClN2O2S/c1-5-34-23-12-9-19(10-13-23)15-26(32)30-22-11-14-25-24(17-22)28(3,4)27(33)31(25)18(2)20-7-6-8-21(29)16-20/h6-14,16-18H,5,15H2,1-4H3,(H,30,32). The summed E-state index contributed by atoms with van der Waals surface area (Å²) in [7, 11) is 0. The molecule has 34 heavy (non-hydrogen) atoms. The molecule has 0 radical (unpaired) electrons. The number of carbonyl (C=O) groups is 2. The highest BCUT2D eigenvalue weighted by molar-refractivity contribution is 7.99. The first-order valence-corrected chi connectivity index (χ1v) is 12.8. The largest absolute Gasteiger partial charge is 0.326 e. The van der Waals surface area contributed by atoms with Gasteiger partial charge in [0.15, 0.2) is 0 Å². The van der Waals surface area contributed by atoms with Crippen molar-refractivity contribution >= 4 is 46.6 Å². The van der Waals surface area contributed by atoms with Gasteiger partial charge in [0.1, 0.15) is 0 Å². The van der Waals surface area contributed by atoms with Crippen molar-refractivity contribution in [3.05, 3.63) is 88.4 Å². The molecule has 0 bridgehead atoms. The Labute approximate surface area is 210 Å². The third kappa shape index (κ3) is 4.86. The van der Waals surface area contributed by atoms with E-state index in [-0.39, 0.29) is 17.9 Å². The molecule has 1 unspecified atom stereocenters. The van der Waals surface area contributed by atoms with Crippen LogP contribution < -0.4 is 10.2 Å². The van der Waals surface area contributed by atoms with Gasteiger partial charge in [0.25, 0.3) is 0 Å². The number of hydrogen-bond donors (Lipinski definition) is 1. The van der Waals surface area contributed by atoms with Gasteiger partial charge in [-0.15, -0.1) is 11.8 Å². The Morgan fingerprint density at radius 3 is 2.50 bits per heavy atom. The predicted molar refractivity (Wildman–Crippen MR) is 142 cm³/mol. The van der Waals surface area contributed by atoms with Gasteiger partial charge in [0, 0.05) is 21.3 Å². The monoisotopic (exact) mass is 492 g/mol. The average Bonchev–Trinajstić information content (AvgIpc) is 3.00. The van der Waals surface area contributed by atoms with E-state index in [0.717, 1.165) is 28.1 Å². The number of rotatable bonds is 7. The summed E-state index contributed by atoms with van der Waals surface area (Å²) < 4.78 is 0. The molecule has 1 aliphatic heterocycles. The SMILES string of the molecule is CCSc1ccc(CC(=O)Nc2ccc3c(c2)C(C)(C)C(=O)N3C(C)c2cccc(Cl)c2)cc1. The molecule has 2 amide bonds. The van der Waals surface area contributed by atoms with E-state index >= 15 is 0 Å². The van der Waals surface area contributed by atoms with E-state index in [1.807, 2.05) is 80.3 Å². The molecule has 0 fully saturated rings. The molecule has 3 aromatic rings. The second-order valence-corrected chi connectivity index (χ2v) is 10.8. The maximum Gasteiger partial charge on any atom is 0.237 e. The molecule has 3 aromatic carbocycles. The molecule has 1 N–H and O–H groups in total. The number of amides is 2. The lowest BCUT2D eigenvalue weighted by atomic mass is 9.86. The number of benzene rings is 3. The maximum absolute atomic E-state index is 13.4. The van der Waals surface area contributed by atoms with Crippen molar-refractivity contribution in [2.45, 2.75) is 50.5 Å². The number of halogens is 1. The molecule has 4 nitrogen and oxygen atoms in total. The van der Waals surface area contributed by atoms with E-state index in [2.05, 4.69) is 24.4 Å². The van der Waals surface area contributed by atoms with Crippen molar-refractivity contribution in [2.24, 2.45) is 0 Å². The molecule has 0 saturated heterocycles. The Balaban J connectivity index is 1.54. The van der Waals surface area contributed by atoms with Crippen LogP contribution in [0.3, 0.4) is 0 Å². The molecular formula is C28H29ClN2O2S. The summed E-state index contributed by atoms with van der Waals surface area (Å²) in [5.74, 6) is 0.970. The fraction of sp³-hybridized carbons (Fsp3) is 0.286. The van der Waals surface area contributed by atoms with E-state index in [1.54, 1.807) is 11.8 Å². The average molecular weight is 493 g/mol. The summed E-state index contributed by atoms with van der Waals surface area (Å²) in [4.78, 5) is 29.2. The zero-order valence-electron chi connectivity index (χ0n) is 19.9. The zero-order chi connectivity index (χ0) is 24.5. The highest BCUT2D eigenvalue weighted by atomic mass is 35.5. The van der Waals surface area contributed by atoms with Gasteiger partial charge in [-0.25, -0.2) is 0 Å². The minimum atomic E-state index is -0.699. The normalized spacial score (nSPS) is 15.2. The molecule has 0 aromatic heterocycles. The lowest BCUT2D eigenvalue weighted by molar-refractivity contribution is -0.122. The van der Waals surface area contributed by atoms with Crippen LogP contribution in [0.15, 0.2) is 71.6 Å². The van der Waals surface area contributed by atoms with E-state index in [1.165, 1.54) is 4.90 Å². The number of hydrogen-bond acceptors (Lipinski definition) is 3. The lowest BCUT2D eigenvalue weighted by Gasteiger charge is -2.27. The van der Waals surface area contributed by atoms with E-state index in [4.69, 9.17) is 11.6 Å². The first kappa shape index (κ1) is 24.4. The van der Waals surface area contributed by atoms with Crippen molar-refractivity contribution in [1.82, 2.24) is 0 Å². The van der Waals surface area contributed by atoms with Crippen molar-refractivity contribution in [2.75, 3.05) is 16.0 Å². The fourth-order valence-electron chi connectivity index (χ4n) is 4.41. The van der Waals surface area contributed by atoms with Crippen LogP contribution in [0.2, 0.25) is 5.02 Å². The zero-order valence-corrected chi connectivity index (χ0v) is 21.5. The van der Waals surface area contributed by atoms with Crippen LogP contribution in [0.1, 0.15) is 50.4 Å². The van der Waals surface area contributed by atoms with Gasteiger partial charge in [0.05, 0.1) is 17.9 Å². The molecule has 176 valence electrons. The molecular weight excluding hydrogens is 464 g/mol. The third-order valence-electron chi connectivity index (χ3n) is 6.28. The molecule has 6 heteroatoms. The minimum Gasteiger partial charge on any atom is -0.326 e. The third-order valence-corrected chi connectivity index (χ3v) is 7.41. The molecule has 1 aliphatic rings. The second-order valence-electron chi connectivity index (χ2n) is 9.06. The van der Waals surface area contributed by atoms with Gasteiger partial charge in [-0.2, -0.15) is 0 Å². The first-order chi connectivity index (χ1) is 16.2. The highest BCUT2D eigenvalue weighted by Gasteiger charge is 2.46. The van der Waals surface area contributed by atoms with Gasteiger partial charge < -0.3 is 10.2 Å². The van der Waals surface area contributed by atoms with Crippen molar-refractivity contribution in [3.8, 4) is 0 Å². The summed E-state index contributed by atoms with van der Waals surface area (Å²) in [5.41, 5.74) is 3.71. The van der Waals surface area contributed by atoms with Gasteiger partial charge >= 0.3 is 0 Å². The van der Waals surface area contributed by atoms with E-state index in [9.17, 15) is 9.59 Å². The van der Waals surface area contributed by atoms with Crippen LogP contribution in [-0.4, -0.2) is 17.6 Å². The summed E-state index contributed by atoms with van der Waals surface area (Å²) >= 11 is 7.97. The van der Waals surface area contributed by atoms with Crippen LogP contribution in [-0.2, 0) is 21.4 Å². The molecule has 1 atom stereocenters. The van der Waals surface area contributed by atoms with Gasteiger partial charge in [-0.3, -0.25) is 9.59 Å². The summed E-state index contributed by atoms with van der Waals surface area (Å²) in [6.07, 6.45) is 0.300. The quantitative estimate of drug-likeness (QED) is 0.360. The van der Waals surface area contributed by atoms with Crippen molar-refractivity contribution in [3.63, 3.8) is 0 Å². The number of anilines is 2. The maximum atomic E-state index is 13.4. The van der Waals surface area contributed by atoms with Crippen LogP contribution in [0.25, 0.3) is 0 Å². The number of thioether (sulfide) groups is 1. The van der Waals surface area contributed by atoms with Gasteiger partial charge in [-0.05, 0) is 85.7 Å².